The first-order chi connectivity index (χ1) is 5.64. The molecular weight excluding hydrogens is 162 g/mol. The van der Waals surface area contributed by atoms with Gasteiger partial charge in [-0.05, 0) is 11.6 Å². The molecule has 1 radical (unpaired) electrons. The predicted octanol–water partition coefficient (Wildman–Crippen LogP) is 2.27. The van der Waals surface area contributed by atoms with Crippen LogP contribution in [-0.2, 0) is 11.2 Å². The van der Waals surface area contributed by atoms with Crippen molar-refractivity contribution in [3.8, 4) is 0 Å². The summed E-state index contributed by atoms with van der Waals surface area (Å²) in [4.78, 5) is 0. The van der Waals surface area contributed by atoms with Crippen LogP contribution in [0.5, 0.6) is 0 Å². The minimum absolute atomic E-state index is 0.402. The van der Waals surface area contributed by atoms with Crippen molar-refractivity contribution in [1.82, 2.24) is 0 Å². The van der Waals surface area contributed by atoms with Crippen molar-refractivity contribution in [3.63, 3.8) is 0 Å². The molecule has 0 aliphatic carbocycles. The zero-order chi connectivity index (χ0) is 9.03. The first-order valence-electron chi connectivity index (χ1n) is 3.52. The first-order valence-corrected chi connectivity index (χ1v) is 3.52. The van der Waals surface area contributed by atoms with Gasteiger partial charge >= 0.3 is 6.11 Å². The fourth-order valence-corrected chi connectivity index (χ4v) is 0.850. The third kappa shape index (κ3) is 2.58. The van der Waals surface area contributed by atoms with E-state index in [1.165, 1.54) is 6.07 Å². The molecule has 0 spiro atoms. The SMILES string of the molecule is COC(F)(F)Cc1c[c]ccc1. The van der Waals surface area contributed by atoms with Crippen LogP contribution in [0.3, 0.4) is 0 Å². The van der Waals surface area contributed by atoms with E-state index in [0.717, 1.165) is 7.11 Å². The van der Waals surface area contributed by atoms with E-state index in [1.807, 2.05) is 0 Å². The van der Waals surface area contributed by atoms with Gasteiger partial charge in [0, 0.05) is 7.11 Å². The number of hydrogen-bond donors (Lipinski definition) is 0. The maximum atomic E-state index is 12.6. The highest BCUT2D eigenvalue weighted by Crippen LogP contribution is 2.19. The molecule has 0 fully saturated rings. The van der Waals surface area contributed by atoms with E-state index in [9.17, 15) is 8.78 Å². The maximum absolute atomic E-state index is 12.6. The summed E-state index contributed by atoms with van der Waals surface area (Å²) in [6.07, 6.45) is -3.48. The van der Waals surface area contributed by atoms with Gasteiger partial charge in [0.25, 0.3) is 0 Å². The van der Waals surface area contributed by atoms with Gasteiger partial charge in [-0.25, -0.2) is 0 Å². The van der Waals surface area contributed by atoms with Gasteiger partial charge in [-0.3, -0.25) is 0 Å². The van der Waals surface area contributed by atoms with E-state index in [0.29, 0.717) is 5.56 Å². The summed E-state index contributed by atoms with van der Waals surface area (Å²) in [6.45, 7) is 0. The van der Waals surface area contributed by atoms with E-state index in [-0.39, 0.29) is 0 Å². The van der Waals surface area contributed by atoms with Gasteiger partial charge in [-0.1, -0.05) is 24.3 Å². The Morgan fingerprint density at radius 3 is 2.83 bits per heavy atom. The Kier molecular flexibility index (Phi) is 2.76. The lowest BCUT2D eigenvalue weighted by Gasteiger charge is -2.13. The van der Waals surface area contributed by atoms with Crippen molar-refractivity contribution < 1.29 is 13.5 Å². The smallest absolute Gasteiger partial charge is 0.324 e. The maximum Gasteiger partial charge on any atom is 0.359 e. The number of rotatable bonds is 3. The van der Waals surface area contributed by atoms with E-state index in [1.54, 1.807) is 18.2 Å². The van der Waals surface area contributed by atoms with Crippen molar-refractivity contribution >= 4 is 0 Å². The molecule has 0 aliphatic heterocycles. The molecule has 0 aliphatic rings. The largest absolute Gasteiger partial charge is 0.359 e. The van der Waals surface area contributed by atoms with Crippen molar-refractivity contribution in [1.29, 1.82) is 0 Å². The number of halogens is 2. The summed E-state index contributed by atoms with van der Waals surface area (Å²) in [5.41, 5.74) is 0.518. The van der Waals surface area contributed by atoms with E-state index < -0.39 is 12.5 Å². The molecule has 3 heteroatoms. The lowest BCUT2D eigenvalue weighted by atomic mass is 10.1. The van der Waals surface area contributed by atoms with Gasteiger partial charge < -0.3 is 4.74 Å². The van der Waals surface area contributed by atoms with Crippen LogP contribution >= 0.6 is 0 Å². The molecule has 0 unspecified atom stereocenters. The number of methoxy groups -OCH3 is 1. The molecule has 0 saturated heterocycles. The van der Waals surface area contributed by atoms with Crippen LogP contribution in [-0.4, -0.2) is 13.2 Å². The second-order valence-electron chi connectivity index (χ2n) is 2.43. The fourth-order valence-electron chi connectivity index (χ4n) is 0.850. The molecule has 1 aromatic carbocycles. The monoisotopic (exact) mass is 171 g/mol. The van der Waals surface area contributed by atoms with Crippen LogP contribution < -0.4 is 0 Å². The molecule has 0 heterocycles. The minimum Gasteiger partial charge on any atom is -0.324 e. The van der Waals surface area contributed by atoms with Gasteiger partial charge in [0.15, 0.2) is 0 Å². The Balaban J connectivity index is 2.64. The Hall–Kier alpha value is -0.960. The van der Waals surface area contributed by atoms with Crippen LogP contribution in [0.1, 0.15) is 5.56 Å². The van der Waals surface area contributed by atoms with Crippen LogP contribution in [0.25, 0.3) is 0 Å². The number of ether oxygens (including phenoxy) is 1. The quantitative estimate of drug-likeness (QED) is 0.677. The molecule has 1 nitrogen and oxygen atoms in total. The van der Waals surface area contributed by atoms with Gasteiger partial charge in [0.05, 0.1) is 6.42 Å². The molecule has 0 saturated carbocycles. The average molecular weight is 171 g/mol. The van der Waals surface area contributed by atoms with E-state index in [4.69, 9.17) is 0 Å². The predicted molar refractivity (Wildman–Crippen MR) is 40.9 cm³/mol. The Morgan fingerprint density at radius 1 is 1.58 bits per heavy atom. The fraction of sp³-hybridized carbons (Fsp3) is 0.333. The van der Waals surface area contributed by atoms with Crippen molar-refractivity contribution in [3.05, 3.63) is 35.9 Å². The molecule has 0 N–H and O–H groups in total. The number of hydrogen-bond acceptors (Lipinski definition) is 1. The number of benzene rings is 1. The standard InChI is InChI=1S/C9H9F2O/c1-12-9(10,11)7-8-5-3-2-4-6-8/h2-3,5-6H,7H2,1H3. The van der Waals surface area contributed by atoms with E-state index >= 15 is 0 Å². The number of alkyl halides is 2. The summed E-state index contributed by atoms with van der Waals surface area (Å²) in [6, 6.07) is 9.18. The molecule has 1 rings (SSSR count). The molecule has 0 amide bonds. The topological polar surface area (TPSA) is 9.23 Å². The summed E-state index contributed by atoms with van der Waals surface area (Å²) < 4.78 is 29.2. The molecule has 65 valence electrons. The second-order valence-corrected chi connectivity index (χ2v) is 2.43. The van der Waals surface area contributed by atoms with Crippen molar-refractivity contribution in [2.45, 2.75) is 12.5 Å². The van der Waals surface area contributed by atoms with Gasteiger partial charge in [-0.15, -0.1) is 0 Å². The Bertz CT molecular complexity index is 234. The van der Waals surface area contributed by atoms with Gasteiger partial charge in [0.2, 0.25) is 0 Å². The van der Waals surface area contributed by atoms with Crippen LogP contribution in [0.4, 0.5) is 8.78 Å². The molecule has 0 aromatic heterocycles. The minimum atomic E-state index is -3.07. The highest BCUT2D eigenvalue weighted by Gasteiger charge is 2.28. The molecule has 0 atom stereocenters. The molecule has 1 aromatic rings. The summed E-state index contributed by atoms with van der Waals surface area (Å²) in [5, 5.41) is 0. The molecule has 0 bridgehead atoms. The third-order valence-electron chi connectivity index (χ3n) is 1.48. The molecule has 12 heavy (non-hydrogen) atoms. The van der Waals surface area contributed by atoms with Gasteiger partial charge in [0.1, 0.15) is 0 Å². The summed E-state index contributed by atoms with van der Waals surface area (Å²) in [7, 11) is 0.993. The summed E-state index contributed by atoms with van der Waals surface area (Å²) in [5.74, 6) is 0. The van der Waals surface area contributed by atoms with E-state index in [2.05, 4.69) is 10.8 Å². The lowest BCUT2D eigenvalue weighted by Crippen LogP contribution is -2.21. The van der Waals surface area contributed by atoms with Crippen LogP contribution in [0, 0.1) is 6.07 Å². The van der Waals surface area contributed by atoms with Gasteiger partial charge in [-0.2, -0.15) is 8.78 Å². The highest BCUT2D eigenvalue weighted by atomic mass is 19.3. The lowest BCUT2D eigenvalue weighted by molar-refractivity contribution is -0.219. The Labute approximate surface area is 70.0 Å². The zero-order valence-electron chi connectivity index (χ0n) is 6.68. The highest BCUT2D eigenvalue weighted by molar-refractivity contribution is 5.14. The molecular formula is C9H9F2O. The van der Waals surface area contributed by atoms with Crippen LogP contribution in [0.15, 0.2) is 24.3 Å². The van der Waals surface area contributed by atoms with Crippen molar-refractivity contribution in [2.75, 3.05) is 7.11 Å². The normalized spacial score (nSPS) is 11.6. The summed E-state index contributed by atoms with van der Waals surface area (Å²) >= 11 is 0. The zero-order valence-corrected chi connectivity index (χ0v) is 6.68. The second kappa shape index (κ2) is 3.63. The van der Waals surface area contributed by atoms with Crippen molar-refractivity contribution in [2.24, 2.45) is 0 Å². The first kappa shape index (κ1) is 9.13. The Morgan fingerprint density at radius 2 is 2.33 bits per heavy atom. The van der Waals surface area contributed by atoms with Crippen LogP contribution in [0.2, 0.25) is 0 Å². The third-order valence-corrected chi connectivity index (χ3v) is 1.48. The average Bonchev–Trinajstić information content (AvgIpc) is 2.06.